The Morgan fingerprint density at radius 2 is 2.00 bits per heavy atom. The van der Waals surface area contributed by atoms with E-state index in [0.717, 1.165) is 5.56 Å². The van der Waals surface area contributed by atoms with Gasteiger partial charge < -0.3 is 11.1 Å². The Labute approximate surface area is 109 Å². The van der Waals surface area contributed by atoms with Crippen molar-refractivity contribution in [1.29, 1.82) is 5.26 Å². The Bertz CT molecular complexity index is 568. The van der Waals surface area contributed by atoms with E-state index in [1.54, 1.807) is 18.2 Å². The van der Waals surface area contributed by atoms with E-state index in [4.69, 9.17) is 22.6 Å². The number of nitriles is 1. The maximum Gasteiger partial charge on any atom is 0.223 e. The first-order chi connectivity index (χ1) is 8.67. The second-order valence-corrected chi connectivity index (χ2v) is 3.98. The number of hydrogen-bond acceptors (Lipinski definition) is 5. The summed E-state index contributed by atoms with van der Waals surface area (Å²) in [6.07, 6.45) is 0. The molecule has 1 aromatic carbocycles. The summed E-state index contributed by atoms with van der Waals surface area (Å²) in [6, 6.07) is 10.9. The van der Waals surface area contributed by atoms with E-state index in [2.05, 4.69) is 21.4 Å². The van der Waals surface area contributed by atoms with Crippen molar-refractivity contribution < 1.29 is 0 Å². The minimum absolute atomic E-state index is 0.129. The third kappa shape index (κ3) is 3.09. The molecule has 1 aromatic heterocycles. The number of nitrogen functional groups attached to an aromatic ring is 1. The predicted octanol–water partition coefficient (Wildman–Crippen LogP) is 2.20. The van der Waals surface area contributed by atoms with Crippen molar-refractivity contribution in [3.8, 4) is 6.07 Å². The van der Waals surface area contributed by atoms with Crippen LogP contribution in [0.5, 0.6) is 0 Å². The van der Waals surface area contributed by atoms with E-state index in [0.29, 0.717) is 23.1 Å². The van der Waals surface area contributed by atoms with Crippen LogP contribution in [-0.4, -0.2) is 9.97 Å². The topological polar surface area (TPSA) is 87.6 Å². The lowest BCUT2D eigenvalue weighted by Crippen LogP contribution is -2.04. The highest BCUT2D eigenvalue weighted by atomic mass is 35.5. The molecule has 0 fully saturated rings. The average Bonchev–Trinajstić information content (AvgIpc) is 2.36. The molecule has 0 amide bonds. The van der Waals surface area contributed by atoms with Crippen LogP contribution >= 0.6 is 11.6 Å². The zero-order valence-electron chi connectivity index (χ0n) is 9.39. The van der Waals surface area contributed by atoms with Crippen LogP contribution in [0.4, 0.5) is 11.8 Å². The largest absolute Gasteiger partial charge is 0.368 e. The molecule has 0 bridgehead atoms. The zero-order chi connectivity index (χ0) is 13.0. The van der Waals surface area contributed by atoms with Crippen LogP contribution in [0.25, 0.3) is 0 Å². The molecule has 2 rings (SSSR count). The molecule has 18 heavy (non-hydrogen) atoms. The van der Waals surface area contributed by atoms with Gasteiger partial charge in [0.1, 0.15) is 11.0 Å². The highest BCUT2D eigenvalue weighted by Crippen LogP contribution is 2.13. The molecular formula is C12H10ClN5. The normalized spacial score (nSPS) is 9.78. The molecule has 0 unspecified atom stereocenters. The van der Waals surface area contributed by atoms with Gasteiger partial charge in [0.05, 0.1) is 11.6 Å². The Balaban J connectivity index is 2.04. The Hall–Kier alpha value is -2.32. The van der Waals surface area contributed by atoms with Crippen molar-refractivity contribution in [2.75, 3.05) is 11.1 Å². The SMILES string of the molecule is N#Cc1ccc(CNc2cc(Cl)nc(N)n2)cc1. The number of hydrogen-bond donors (Lipinski definition) is 2. The number of nitrogens with two attached hydrogens (primary N) is 1. The maximum absolute atomic E-state index is 8.69. The molecule has 0 saturated heterocycles. The van der Waals surface area contributed by atoms with Gasteiger partial charge in [0.15, 0.2) is 0 Å². The molecule has 0 aliphatic heterocycles. The number of benzene rings is 1. The summed E-state index contributed by atoms with van der Waals surface area (Å²) in [5.74, 6) is 0.696. The maximum atomic E-state index is 8.69. The number of anilines is 2. The van der Waals surface area contributed by atoms with Gasteiger partial charge in [0.25, 0.3) is 0 Å². The first-order valence-corrected chi connectivity index (χ1v) is 5.58. The number of rotatable bonds is 3. The number of nitrogens with zero attached hydrogens (tertiary/aromatic N) is 3. The van der Waals surface area contributed by atoms with Crippen LogP contribution in [-0.2, 0) is 6.54 Å². The van der Waals surface area contributed by atoms with Gasteiger partial charge >= 0.3 is 0 Å². The van der Waals surface area contributed by atoms with E-state index in [-0.39, 0.29) is 5.95 Å². The van der Waals surface area contributed by atoms with Crippen molar-refractivity contribution in [2.24, 2.45) is 0 Å². The fourth-order valence-electron chi connectivity index (χ4n) is 1.42. The molecule has 0 spiro atoms. The molecule has 0 aliphatic rings. The van der Waals surface area contributed by atoms with Gasteiger partial charge in [0, 0.05) is 12.6 Å². The van der Waals surface area contributed by atoms with Crippen LogP contribution in [0, 0.1) is 11.3 Å². The van der Waals surface area contributed by atoms with Crippen LogP contribution < -0.4 is 11.1 Å². The molecule has 0 saturated carbocycles. The number of halogens is 1. The van der Waals surface area contributed by atoms with Crippen molar-refractivity contribution in [1.82, 2.24) is 9.97 Å². The summed E-state index contributed by atoms with van der Waals surface area (Å²) in [6.45, 7) is 0.568. The standard InChI is InChI=1S/C12H10ClN5/c13-10-5-11(18-12(15)17-10)16-7-9-3-1-8(6-14)2-4-9/h1-5H,7H2,(H3,15,16,17,18). The fraction of sp³-hybridized carbons (Fsp3) is 0.0833. The zero-order valence-corrected chi connectivity index (χ0v) is 10.1. The smallest absolute Gasteiger partial charge is 0.223 e. The summed E-state index contributed by atoms with van der Waals surface area (Å²) in [4.78, 5) is 7.77. The Morgan fingerprint density at radius 3 is 2.61 bits per heavy atom. The Morgan fingerprint density at radius 1 is 1.28 bits per heavy atom. The van der Waals surface area contributed by atoms with Crippen LogP contribution in [0.3, 0.4) is 0 Å². The van der Waals surface area contributed by atoms with Gasteiger partial charge in [-0.2, -0.15) is 10.2 Å². The van der Waals surface area contributed by atoms with Crippen LogP contribution in [0.15, 0.2) is 30.3 Å². The molecule has 3 N–H and O–H groups in total. The molecule has 0 atom stereocenters. The monoisotopic (exact) mass is 259 g/mol. The van der Waals surface area contributed by atoms with E-state index in [9.17, 15) is 0 Å². The summed E-state index contributed by atoms with van der Waals surface area (Å²) >= 11 is 5.76. The van der Waals surface area contributed by atoms with Crippen molar-refractivity contribution in [2.45, 2.75) is 6.54 Å². The molecule has 6 heteroatoms. The second kappa shape index (κ2) is 5.34. The molecule has 5 nitrogen and oxygen atoms in total. The van der Waals surface area contributed by atoms with E-state index in [1.807, 2.05) is 12.1 Å². The molecule has 90 valence electrons. The van der Waals surface area contributed by atoms with E-state index < -0.39 is 0 Å². The lowest BCUT2D eigenvalue weighted by Gasteiger charge is -2.06. The minimum Gasteiger partial charge on any atom is -0.368 e. The third-order valence-electron chi connectivity index (χ3n) is 2.27. The van der Waals surface area contributed by atoms with E-state index in [1.165, 1.54) is 0 Å². The number of aromatic nitrogens is 2. The molecule has 0 radical (unpaired) electrons. The second-order valence-electron chi connectivity index (χ2n) is 3.60. The van der Waals surface area contributed by atoms with Crippen molar-refractivity contribution >= 4 is 23.4 Å². The van der Waals surface area contributed by atoms with Gasteiger partial charge in [-0.25, -0.2) is 4.98 Å². The predicted molar refractivity (Wildman–Crippen MR) is 69.9 cm³/mol. The van der Waals surface area contributed by atoms with Crippen LogP contribution in [0.2, 0.25) is 5.15 Å². The molecular weight excluding hydrogens is 250 g/mol. The van der Waals surface area contributed by atoms with Crippen molar-refractivity contribution in [3.05, 3.63) is 46.6 Å². The summed E-state index contributed by atoms with van der Waals surface area (Å²) in [7, 11) is 0. The van der Waals surface area contributed by atoms with Gasteiger partial charge in [-0.1, -0.05) is 23.7 Å². The minimum atomic E-state index is 0.129. The highest BCUT2D eigenvalue weighted by molar-refractivity contribution is 6.29. The van der Waals surface area contributed by atoms with Gasteiger partial charge in [-0.05, 0) is 17.7 Å². The summed E-state index contributed by atoms with van der Waals surface area (Å²) in [5.41, 5.74) is 7.15. The number of nitrogens with one attached hydrogen (secondary N) is 1. The first kappa shape index (κ1) is 12.1. The summed E-state index contributed by atoms with van der Waals surface area (Å²) in [5, 5.41) is 12.1. The highest BCUT2D eigenvalue weighted by Gasteiger charge is 2.00. The molecule has 1 heterocycles. The summed E-state index contributed by atoms with van der Waals surface area (Å²) < 4.78 is 0. The first-order valence-electron chi connectivity index (χ1n) is 5.20. The fourth-order valence-corrected chi connectivity index (χ4v) is 1.61. The molecule has 0 aliphatic carbocycles. The van der Waals surface area contributed by atoms with Crippen LogP contribution in [0.1, 0.15) is 11.1 Å². The van der Waals surface area contributed by atoms with Gasteiger partial charge in [0.2, 0.25) is 5.95 Å². The van der Waals surface area contributed by atoms with Crippen molar-refractivity contribution in [3.63, 3.8) is 0 Å². The lowest BCUT2D eigenvalue weighted by molar-refractivity contribution is 1.09. The third-order valence-corrected chi connectivity index (χ3v) is 2.46. The van der Waals surface area contributed by atoms with E-state index >= 15 is 0 Å². The van der Waals surface area contributed by atoms with Gasteiger partial charge in [-0.15, -0.1) is 0 Å². The average molecular weight is 260 g/mol. The Kier molecular flexibility index (Phi) is 3.60. The quantitative estimate of drug-likeness (QED) is 0.825. The lowest BCUT2D eigenvalue weighted by atomic mass is 10.1. The molecule has 2 aromatic rings. The van der Waals surface area contributed by atoms with Gasteiger partial charge in [-0.3, -0.25) is 0 Å².